The van der Waals surface area contributed by atoms with Gasteiger partial charge in [-0.15, -0.1) is 3.89 Å². The van der Waals surface area contributed by atoms with E-state index in [1.54, 1.807) is 10.8 Å². The van der Waals surface area contributed by atoms with Crippen LogP contribution in [-0.2, 0) is 10.2 Å². The minimum atomic E-state index is -4.57. The predicted molar refractivity (Wildman–Crippen MR) is 57.3 cm³/mol. The van der Waals surface area contributed by atoms with Gasteiger partial charge >= 0.3 is 10.2 Å². The minimum Gasteiger partial charge on any atom is -0.322 e. The molecule has 0 radical (unpaired) electrons. The Morgan fingerprint density at radius 3 is 2.67 bits per heavy atom. The van der Waals surface area contributed by atoms with Crippen molar-refractivity contribution in [3.05, 3.63) is 41.9 Å². The molecule has 0 atom stereocenters. The summed E-state index contributed by atoms with van der Waals surface area (Å²) in [5.41, 5.74) is 0.831. The molecule has 0 bridgehead atoms. The van der Waals surface area contributed by atoms with Gasteiger partial charge in [-0.3, -0.25) is 0 Å². The van der Waals surface area contributed by atoms with Gasteiger partial charge in [0.05, 0.1) is 10.9 Å². The maximum atomic E-state index is 12.3. The third-order valence-corrected chi connectivity index (χ3v) is 2.46. The number of nitrogens with zero attached hydrogens (tertiary/aromatic N) is 1. The second kappa shape index (κ2) is 3.51. The zero-order valence-electron chi connectivity index (χ0n) is 7.67. The maximum Gasteiger partial charge on any atom is 0.326 e. The molecule has 1 heterocycles. The smallest absolute Gasteiger partial charge is 0.322 e. The number of hydrogen-bond acceptors (Lipinski definition) is 2. The van der Waals surface area contributed by atoms with Gasteiger partial charge in [0.2, 0.25) is 0 Å². The Kier molecular flexibility index (Phi) is 2.32. The van der Waals surface area contributed by atoms with Gasteiger partial charge in [-0.25, -0.2) is 0 Å². The number of para-hydroxylation sites is 1. The van der Waals surface area contributed by atoms with Gasteiger partial charge in [0, 0.05) is 12.4 Å². The van der Waals surface area contributed by atoms with Crippen molar-refractivity contribution in [3.8, 4) is 0 Å². The van der Waals surface area contributed by atoms with Crippen LogP contribution in [-0.4, -0.2) is 13.0 Å². The third kappa shape index (κ3) is 2.24. The van der Waals surface area contributed by atoms with Crippen LogP contribution >= 0.6 is 0 Å². The molecule has 0 spiro atoms. The van der Waals surface area contributed by atoms with Crippen molar-refractivity contribution < 1.29 is 12.3 Å². The number of fused-ring (bicyclic) bond motifs is 1. The average Bonchev–Trinajstić information content (AvgIpc) is 2.57. The van der Waals surface area contributed by atoms with Crippen molar-refractivity contribution >= 4 is 27.3 Å². The normalized spacial score (nSPS) is 12.6. The van der Waals surface area contributed by atoms with Gasteiger partial charge in [-0.1, -0.05) is 18.2 Å². The Morgan fingerprint density at radius 1 is 1.20 bits per heavy atom. The Bertz CT molecular complexity index is 613. The first-order valence-electron chi connectivity index (χ1n) is 4.25. The summed E-state index contributed by atoms with van der Waals surface area (Å²) in [5, 5.41) is 1.50. The van der Waals surface area contributed by atoms with Gasteiger partial charge < -0.3 is 4.57 Å². The Labute approximate surface area is 86.7 Å². The molecule has 1 aromatic carbocycles. The fourth-order valence-electron chi connectivity index (χ4n) is 1.37. The largest absolute Gasteiger partial charge is 0.326 e. The fourth-order valence-corrected chi connectivity index (χ4v) is 1.65. The van der Waals surface area contributed by atoms with Crippen LogP contribution in [0.3, 0.4) is 0 Å². The molecule has 3 nitrogen and oxygen atoms in total. The van der Waals surface area contributed by atoms with Crippen LogP contribution in [0.5, 0.6) is 0 Å². The minimum absolute atomic E-state index is 0.527. The molecular formula is C10H8FNO2S. The van der Waals surface area contributed by atoms with Crippen LogP contribution in [0, 0.1) is 0 Å². The lowest BCUT2D eigenvalue weighted by molar-refractivity contribution is 0.563. The van der Waals surface area contributed by atoms with Crippen LogP contribution in [0.25, 0.3) is 17.1 Å². The van der Waals surface area contributed by atoms with Crippen LogP contribution < -0.4 is 0 Å². The van der Waals surface area contributed by atoms with Crippen LogP contribution in [0.15, 0.2) is 41.9 Å². The van der Waals surface area contributed by atoms with Crippen LogP contribution in [0.1, 0.15) is 0 Å². The predicted octanol–water partition coefficient (Wildman–Crippen LogP) is 2.37. The van der Waals surface area contributed by atoms with Gasteiger partial charge in [0.1, 0.15) is 0 Å². The van der Waals surface area contributed by atoms with Gasteiger partial charge in [0.15, 0.2) is 0 Å². The first kappa shape index (κ1) is 9.92. The van der Waals surface area contributed by atoms with Crippen molar-refractivity contribution in [3.63, 3.8) is 0 Å². The summed E-state index contributed by atoms with van der Waals surface area (Å²) >= 11 is 0. The molecule has 2 aromatic rings. The lowest BCUT2D eigenvalue weighted by atomic mass is 10.2. The molecule has 2 rings (SSSR count). The number of aromatic nitrogens is 1. The highest BCUT2D eigenvalue weighted by molar-refractivity contribution is 7.89. The molecular weight excluding hydrogens is 217 g/mol. The Hall–Kier alpha value is -1.62. The summed E-state index contributed by atoms with van der Waals surface area (Å²) in [5.74, 6) is 0. The van der Waals surface area contributed by atoms with E-state index in [1.807, 2.05) is 30.3 Å². The topological polar surface area (TPSA) is 39.1 Å². The zero-order chi connectivity index (χ0) is 10.9. The quantitative estimate of drug-likeness (QED) is 0.736. The molecule has 5 heteroatoms. The molecule has 0 fully saturated rings. The van der Waals surface area contributed by atoms with E-state index in [9.17, 15) is 12.3 Å². The summed E-state index contributed by atoms with van der Waals surface area (Å²) in [6, 6.07) is 9.25. The third-order valence-electron chi connectivity index (χ3n) is 2.01. The van der Waals surface area contributed by atoms with E-state index in [-0.39, 0.29) is 0 Å². The lowest BCUT2D eigenvalue weighted by Gasteiger charge is -1.95. The second-order valence-corrected chi connectivity index (χ2v) is 4.27. The molecule has 0 aliphatic heterocycles. The second-order valence-electron chi connectivity index (χ2n) is 3.04. The van der Waals surface area contributed by atoms with E-state index in [2.05, 4.69) is 0 Å². The standard InChI is InChI=1S/C10H8FNO2S/c11-15(13,14)8-7-12-6-5-9-3-1-2-4-10(9)12/h1-8H. The van der Waals surface area contributed by atoms with E-state index < -0.39 is 10.2 Å². The highest BCUT2D eigenvalue weighted by atomic mass is 32.3. The van der Waals surface area contributed by atoms with Crippen molar-refractivity contribution in [2.24, 2.45) is 0 Å². The first-order valence-corrected chi connectivity index (χ1v) is 5.69. The summed E-state index contributed by atoms with van der Waals surface area (Å²) in [4.78, 5) is 0. The van der Waals surface area contributed by atoms with E-state index >= 15 is 0 Å². The molecule has 0 saturated carbocycles. The highest BCUT2D eigenvalue weighted by Crippen LogP contribution is 2.15. The molecule has 0 N–H and O–H groups in total. The number of hydrogen-bond donors (Lipinski definition) is 0. The first-order chi connectivity index (χ1) is 7.06. The molecule has 78 valence electrons. The fraction of sp³-hybridized carbons (Fsp3) is 0. The number of halogens is 1. The van der Waals surface area contributed by atoms with E-state index in [1.165, 1.54) is 6.20 Å². The SMILES string of the molecule is O=S(=O)(F)C=Cn1ccc2ccccc21. The Balaban J connectivity index is 2.50. The van der Waals surface area contributed by atoms with Crippen LogP contribution in [0.2, 0.25) is 0 Å². The molecule has 0 aliphatic rings. The van der Waals surface area contributed by atoms with E-state index in [0.717, 1.165) is 10.9 Å². The monoisotopic (exact) mass is 225 g/mol. The van der Waals surface area contributed by atoms with Crippen LogP contribution in [0.4, 0.5) is 3.89 Å². The number of rotatable bonds is 2. The van der Waals surface area contributed by atoms with Gasteiger partial charge in [-0.2, -0.15) is 8.42 Å². The molecule has 0 unspecified atom stereocenters. The number of benzene rings is 1. The van der Waals surface area contributed by atoms with Gasteiger partial charge in [-0.05, 0) is 17.5 Å². The highest BCUT2D eigenvalue weighted by Gasteiger charge is 2.00. The molecule has 0 saturated heterocycles. The van der Waals surface area contributed by atoms with Gasteiger partial charge in [0.25, 0.3) is 0 Å². The average molecular weight is 225 g/mol. The molecule has 1 aromatic heterocycles. The summed E-state index contributed by atoms with van der Waals surface area (Å²) in [6.07, 6.45) is 2.85. The van der Waals surface area contributed by atoms with Crippen molar-refractivity contribution in [2.75, 3.05) is 0 Å². The maximum absolute atomic E-state index is 12.3. The molecule has 15 heavy (non-hydrogen) atoms. The Morgan fingerprint density at radius 2 is 1.93 bits per heavy atom. The van der Waals surface area contributed by atoms with E-state index in [4.69, 9.17) is 0 Å². The summed E-state index contributed by atoms with van der Waals surface area (Å²) in [7, 11) is -4.57. The van der Waals surface area contributed by atoms with E-state index in [0.29, 0.717) is 5.41 Å². The summed E-state index contributed by atoms with van der Waals surface area (Å²) in [6.45, 7) is 0. The molecule has 0 aliphatic carbocycles. The lowest BCUT2D eigenvalue weighted by Crippen LogP contribution is -1.86. The van der Waals surface area contributed by atoms with Crippen molar-refractivity contribution in [2.45, 2.75) is 0 Å². The zero-order valence-corrected chi connectivity index (χ0v) is 8.49. The molecule has 0 amide bonds. The summed E-state index contributed by atoms with van der Waals surface area (Å²) < 4.78 is 34.4. The van der Waals surface area contributed by atoms with Crippen molar-refractivity contribution in [1.29, 1.82) is 0 Å². The van der Waals surface area contributed by atoms with Crippen molar-refractivity contribution in [1.82, 2.24) is 4.57 Å².